The molecule has 1 heterocycles. The molecule has 0 spiro atoms. The Hall–Kier alpha value is -1.74. The van der Waals surface area contributed by atoms with Gasteiger partial charge in [0.1, 0.15) is 0 Å². The first kappa shape index (κ1) is 12.3. The Balaban J connectivity index is 2.41. The van der Waals surface area contributed by atoms with Gasteiger partial charge in [0.25, 0.3) is 0 Å². The van der Waals surface area contributed by atoms with Crippen LogP contribution in [0.15, 0.2) is 24.3 Å². The van der Waals surface area contributed by atoms with Crippen molar-refractivity contribution in [2.45, 2.75) is 26.7 Å². The molecule has 19 heavy (non-hydrogen) atoms. The van der Waals surface area contributed by atoms with E-state index >= 15 is 0 Å². The smallest absolute Gasteiger partial charge is 0.0376 e. The number of nitrogens with two attached hydrogens (primary N) is 2. The van der Waals surface area contributed by atoms with E-state index in [0.29, 0.717) is 0 Å². The zero-order chi connectivity index (χ0) is 13.6. The molecule has 0 aliphatic heterocycles. The summed E-state index contributed by atoms with van der Waals surface area (Å²) < 4.78 is 2.50. The minimum absolute atomic E-state index is 0.894. The molecule has 0 bridgehead atoms. The van der Waals surface area contributed by atoms with Crippen molar-refractivity contribution in [3.63, 3.8) is 0 Å². The number of anilines is 2. The quantitative estimate of drug-likeness (QED) is 0.680. The molecule has 2 aromatic carbocycles. The lowest BCUT2D eigenvalue weighted by Gasteiger charge is -2.04. The van der Waals surface area contributed by atoms with E-state index in [-0.39, 0.29) is 0 Å². The number of benzene rings is 2. The number of thiophene rings is 1. The number of rotatable bonds is 2. The molecule has 0 atom stereocenters. The lowest BCUT2D eigenvalue weighted by atomic mass is 10.0. The average molecular weight is 270 g/mol. The fourth-order valence-corrected chi connectivity index (χ4v) is 3.77. The highest BCUT2D eigenvalue weighted by molar-refractivity contribution is 7.25. The maximum absolute atomic E-state index is 6.09. The first-order valence-corrected chi connectivity index (χ1v) is 7.48. The molecular weight excluding hydrogens is 252 g/mol. The van der Waals surface area contributed by atoms with E-state index in [4.69, 9.17) is 11.5 Å². The first-order chi connectivity index (χ1) is 9.13. The summed E-state index contributed by atoms with van der Waals surface area (Å²) in [5, 5.41) is 2.61. The van der Waals surface area contributed by atoms with Gasteiger partial charge in [-0.2, -0.15) is 0 Å². The van der Waals surface area contributed by atoms with Crippen LogP contribution in [0.1, 0.15) is 25.0 Å². The van der Waals surface area contributed by atoms with E-state index in [0.717, 1.165) is 24.2 Å². The van der Waals surface area contributed by atoms with Crippen molar-refractivity contribution in [2.24, 2.45) is 0 Å². The maximum atomic E-state index is 6.09. The minimum Gasteiger partial charge on any atom is -0.398 e. The molecule has 3 rings (SSSR count). The van der Waals surface area contributed by atoms with Crippen molar-refractivity contribution >= 4 is 42.9 Å². The van der Waals surface area contributed by atoms with E-state index in [2.05, 4.69) is 38.1 Å². The van der Waals surface area contributed by atoms with Gasteiger partial charge in [-0.3, -0.25) is 0 Å². The normalized spacial score (nSPS) is 11.5. The summed E-state index contributed by atoms with van der Waals surface area (Å²) in [4.78, 5) is 0. The van der Waals surface area contributed by atoms with E-state index < -0.39 is 0 Å². The monoisotopic (exact) mass is 270 g/mol. The lowest BCUT2D eigenvalue weighted by Crippen LogP contribution is -1.92. The van der Waals surface area contributed by atoms with Gasteiger partial charge in [0.05, 0.1) is 0 Å². The van der Waals surface area contributed by atoms with Crippen LogP contribution in [0, 0.1) is 0 Å². The summed E-state index contributed by atoms with van der Waals surface area (Å²) in [5.41, 5.74) is 16.4. The Bertz CT molecular complexity index is 707. The molecule has 0 aliphatic rings. The fraction of sp³-hybridized carbons (Fsp3) is 0.250. The summed E-state index contributed by atoms with van der Waals surface area (Å²) in [7, 11) is 0. The summed E-state index contributed by atoms with van der Waals surface area (Å²) in [6.45, 7) is 4.28. The van der Waals surface area contributed by atoms with Gasteiger partial charge >= 0.3 is 0 Å². The average Bonchev–Trinajstić information content (AvgIpc) is 2.72. The molecule has 0 unspecified atom stereocenters. The van der Waals surface area contributed by atoms with Gasteiger partial charge in [-0.1, -0.05) is 13.8 Å². The van der Waals surface area contributed by atoms with Crippen LogP contribution in [0.2, 0.25) is 0 Å². The molecule has 0 aliphatic carbocycles. The van der Waals surface area contributed by atoms with E-state index in [1.807, 2.05) is 0 Å². The standard InChI is InChI=1S/C16H18N2S/c1-3-9-5-11-12-6-10(4-2)14(18)8-16(12)19-15(11)7-13(9)17/h5-8H,3-4,17-18H2,1-2H3. The number of nitrogen functional groups attached to an aromatic ring is 2. The maximum Gasteiger partial charge on any atom is 0.0376 e. The predicted molar refractivity (Wildman–Crippen MR) is 86.9 cm³/mol. The molecule has 98 valence electrons. The summed E-state index contributed by atoms with van der Waals surface area (Å²) in [6.07, 6.45) is 1.93. The Morgan fingerprint density at radius 2 is 1.21 bits per heavy atom. The van der Waals surface area contributed by atoms with Gasteiger partial charge in [-0.15, -0.1) is 11.3 Å². The highest BCUT2D eigenvalue weighted by atomic mass is 32.1. The lowest BCUT2D eigenvalue weighted by molar-refractivity contribution is 1.15. The largest absolute Gasteiger partial charge is 0.398 e. The van der Waals surface area contributed by atoms with Crippen molar-refractivity contribution in [3.05, 3.63) is 35.4 Å². The van der Waals surface area contributed by atoms with E-state index in [1.54, 1.807) is 11.3 Å². The Morgan fingerprint density at radius 1 is 0.789 bits per heavy atom. The molecule has 1 aromatic heterocycles. The molecule has 0 fully saturated rings. The first-order valence-electron chi connectivity index (χ1n) is 6.67. The number of aryl methyl sites for hydroxylation is 2. The highest BCUT2D eigenvalue weighted by Crippen LogP contribution is 2.38. The molecule has 4 N–H and O–H groups in total. The highest BCUT2D eigenvalue weighted by Gasteiger charge is 2.10. The third-order valence-corrected chi connectivity index (χ3v) is 4.87. The van der Waals surface area contributed by atoms with Crippen molar-refractivity contribution < 1.29 is 0 Å². The van der Waals surface area contributed by atoms with Crippen LogP contribution in [0.5, 0.6) is 0 Å². The number of fused-ring (bicyclic) bond motifs is 3. The third kappa shape index (κ3) is 1.85. The number of hydrogen-bond donors (Lipinski definition) is 2. The van der Waals surface area contributed by atoms with Gasteiger partial charge in [0.15, 0.2) is 0 Å². The summed E-state index contributed by atoms with van der Waals surface area (Å²) >= 11 is 1.77. The number of hydrogen-bond acceptors (Lipinski definition) is 3. The van der Waals surface area contributed by atoms with Crippen molar-refractivity contribution in [3.8, 4) is 0 Å². The second-order valence-corrected chi connectivity index (χ2v) is 5.99. The van der Waals surface area contributed by atoms with Gasteiger partial charge in [0.2, 0.25) is 0 Å². The minimum atomic E-state index is 0.894. The van der Waals surface area contributed by atoms with Crippen LogP contribution >= 0.6 is 11.3 Å². The Morgan fingerprint density at radius 3 is 1.58 bits per heavy atom. The Kier molecular flexibility index (Phi) is 2.86. The van der Waals surface area contributed by atoms with Gasteiger partial charge in [-0.05, 0) is 48.2 Å². The van der Waals surface area contributed by atoms with Crippen LogP contribution in [0.4, 0.5) is 11.4 Å². The molecule has 3 heteroatoms. The SMILES string of the molecule is CCc1cc2c(cc1N)sc1cc(N)c(CC)cc12. The molecular formula is C16H18N2S. The molecule has 0 saturated heterocycles. The van der Waals surface area contributed by atoms with Gasteiger partial charge in [0, 0.05) is 31.5 Å². The topological polar surface area (TPSA) is 52.0 Å². The Labute approximate surface area is 117 Å². The van der Waals surface area contributed by atoms with Crippen molar-refractivity contribution in [1.82, 2.24) is 0 Å². The van der Waals surface area contributed by atoms with Crippen LogP contribution in [0.25, 0.3) is 20.2 Å². The second-order valence-electron chi connectivity index (χ2n) is 4.90. The van der Waals surface area contributed by atoms with Crippen LogP contribution in [0.3, 0.4) is 0 Å². The summed E-state index contributed by atoms with van der Waals surface area (Å²) in [6, 6.07) is 8.67. The molecule has 3 aromatic rings. The second kappa shape index (κ2) is 4.42. The van der Waals surface area contributed by atoms with Crippen LogP contribution in [-0.2, 0) is 12.8 Å². The molecule has 0 saturated carbocycles. The van der Waals surface area contributed by atoms with E-state index in [1.165, 1.54) is 31.3 Å². The van der Waals surface area contributed by atoms with E-state index in [9.17, 15) is 0 Å². The van der Waals surface area contributed by atoms with Crippen LogP contribution < -0.4 is 11.5 Å². The van der Waals surface area contributed by atoms with Gasteiger partial charge < -0.3 is 11.5 Å². The predicted octanol–water partition coefficient (Wildman–Crippen LogP) is 4.34. The summed E-state index contributed by atoms with van der Waals surface area (Å²) in [5.74, 6) is 0. The van der Waals surface area contributed by atoms with Crippen molar-refractivity contribution in [1.29, 1.82) is 0 Å². The zero-order valence-electron chi connectivity index (χ0n) is 11.3. The zero-order valence-corrected chi connectivity index (χ0v) is 12.1. The van der Waals surface area contributed by atoms with Crippen molar-refractivity contribution in [2.75, 3.05) is 11.5 Å². The fourth-order valence-electron chi connectivity index (χ4n) is 2.60. The molecule has 0 radical (unpaired) electrons. The van der Waals surface area contributed by atoms with Gasteiger partial charge in [-0.25, -0.2) is 0 Å². The van der Waals surface area contributed by atoms with Crippen LogP contribution in [-0.4, -0.2) is 0 Å². The third-order valence-electron chi connectivity index (χ3n) is 3.75. The molecule has 0 amide bonds. The molecule has 2 nitrogen and oxygen atoms in total.